The number of aliphatic hydroxyl groups excluding tert-OH is 1. The highest BCUT2D eigenvalue weighted by Crippen LogP contribution is 2.25. The minimum atomic E-state index is -0.195. The Kier molecular flexibility index (Phi) is 5.30. The van der Waals surface area contributed by atoms with Gasteiger partial charge in [-0.25, -0.2) is 0 Å². The van der Waals surface area contributed by atoms with Crippen molar-refractivity contribution in [3.8, 4) is 0 Å². The Balaban J connectivity index is 1.62. The molecule has 2 atom stereocenters. The van der Waals surface area contributed by atoms with E-state index >= 15 is 0 Å². The van der Waals surface area contributed by atoms with Crippen LogP contribution in [0.25, 0.3) is 0 Å². The fourth-order valence-corrected chi connectivity index (χ4v) is 3.78. The van der Waals surface area contributed by atoms with E-state index in [9.17, 15) is 9.90 Å². The van der Waals surface area contributed by atoms with Gasteiger partial charge in [0.2, 0.25) is 0 Å². The molecular weight excluding hydrogens is 292 g/mol. The molecule has 5 heteroatoms. The van der Waals surface area contributed by atoms with Crippen molar-refractivity contribution < 1.29 is 14.6 Å². The second-order valence-corrected chi connectivity index (χ2v) is 6.48. The first kappa shape index (κ1) is 16.4. The molecule has 1 aromatic rings. The predicted octanol–water partition coefficient (Wildman–Crippen LogP) is 1.50. The van der Waals surface area contributed by atoms with E-state index in [1.165, 1.54) is 0 Å². The summed E-state index contributed by atoms with van der Waals surface area (Å²) in [6.45, 7) is 3.60. The summed E-state index contributed by atoms with van der Waals surface area (Å²) in [5.74, 6) is 0.0873. The third-order valence-electron chi connectivity index (χ3n) is 5.06. The minimum Gasteiger partial charge on any atom is -0.391 e. The van der Waals surface area contributed by atoms with Crippen molar-refractivity contribution in [1.82, 2.24) is 9.80 Å². The summed E-state index contributed by atoms with van der Waals surface area (Å²) in [7, 11) is 1.65. The summed E-state index contributed by atoms with van der Waals surface area (Å²) < 4.78 is 5.20. The van der Waals surface area contributed by atoms with Crippen LogP contribution in [0.4, 0.5) is 0 Å². The van der Waals surface area contributed by atoms with E-state index < -0.39 is 0 Å². The molecule has 0 aromatic heterocycles. The highest BCUT2D eigenvalue weighted by molar-refractivity contribution is 5.95. The Morgan fingerprint density at radius 3 is 2.61 bits per heavy atom. The highest BCUT2D eigenvalue weighted by Gasteiger charge is 2.33. The van der Waals surface area contributed by atoms with Gasteiger partial charge in [0.25, 0.3) is 5.91 Å². The second kappa shape index (κ2) is 7.43. The average molecular weight is 318 g/mol. The number of carbonyl (C=O) groups excluding carboxylic acids is 1. The molecule has 5 nitrogen and oxygen atoms in total. The predicted molar refractivity (Wildman–Crippen MR) is 88.3 cm³/mol. The summed E-state index contributed by atoms with van der Waals surface area (Å²) in [6.07, 6.45) is 2.90. The summed E-state index contributed by atoms with van der Waals surface area (Å²) >= 11 is 0. The summed E-state index contributed by atoms with van der Waals surface area (Å²) in [5.41, 5.74) is 1.68. The number of aliphatic hydroxyl groups is 1. The Hall–Kier alpha value is -1.43. The zero-order valence-electron chi connectivity index (χ0n) is 13.8. The van der Waals surface area contributed by atoms with Gasteiger partial charge >= 0.3 is 0 Å². The van der Waals surface area contributed by atoms with Gasteiger partial charge in [0.15, 0.2) is 0 Å². The molecule has 1 N–H and O–H groups in total. The Labute approximate surface area is 137 Å². The third-order valence-corrected chi connectivity index (χ3v) is 5.06. The van der Waals surface area contributed by atoms with Crippen LogP contribution in [-0.4, -0.2) is 66.2 Å². The van der Waals surface area contributed by atoms with E-state index in [2.05, 4.69) is 4.90 Å². The Bertz CT molecular complexity index is 541. The molecular formula is C18H26N2O3. The molecule has 1 aromatic carbocycles. The van der Waals surface area contributed by atoms with Gasteiger partial charge in [0.05, 0.1) is 12.7 Å². The van der Waals surface area contributed by atoms with Gasteiger partial charge in [0.1, 0.15) is 0 Å². The molecule has 23 heavy (non-hydrogen) atoms. The van der Waals surface area contributed by atoms with Gasteiger partial charge in [0, 0.05) is 44.9 Å². The van der Waals surface area contributed by atoms with Crippen LogP contribution in [0.1, 0.15) is 35.2 Å². The normalized spacial score (nSPS) is 25.7. The number of hydrogen-bond acceptors (Lipinski definition) is 4. The van der Waals surface area contributed by atoms with Gasteiger partial charge in [-0.15, -0.1) is 0 Å². The van der Waals surface area contributed by atoms with Crippen LogP contribution >= 0.6 is 0 Å². The minimum absolute atomic E-state index is 0.0873. The SMILES string of the molecule is COCc1ccccc1C(=O)N1CCN(C2CCCC2O)CC1. The smallest absolute Gasteiger partial charge is 0.254 e. The first-order chi connectivity index (χ1) is 11.2. The molecule has 0 spiro atoms. The van der Waals surface area contributed by atoms with E-state index in [1.807, 2.05) is 29.2 Å². The van der Waals surface area contributed by atoms with Crippen LogP contribution in [0.3, 0.4) is 0 Å². The molecule has 1 aliphatic heterocycles. The molecule has 126 valence electrons. The molecule has 0 bridgehead atoms. The molecule has 2 fully saturated rings. The van der Waals surface area contributed by atoms with E-state index in [-0.39, 0.29) is 18.1 Å². The summed E-state index contributed by atoms with van der Waals surface area (Å²) in [6, 6.07) is 7.95. The van der Waals surface area contributed by atoms with Crippen molar-refractivity contribution in [2.45, 2.75) is 38.0 Å². The average Bonchev–Trinajstić information content (AvgIpc) is 3.01. The zero-order chi connectivity index (χ0) is 16.2. The van der Waals surface area contributed by atoms with E-state index in [0.29, 0.717) is 6.61 Å². The number of piperazine rings is 1. The van der Waals surface area contributed by atoms with Gasteiger partial charge in [-0.1, -0.05) is 18.2 Å². The van der Waals surface area contributed by atoms with Crippen molar-refractivity contribution in [3.05, 3.63) is 35.4 Å². The fourth-order valence-electron chi connectivity index (χ4n) is 3.78. The highest BCUT2D eigenvalue weighted by atomic mass is 16.5. The first-order valence-electron chi connectivity index (χ1n) is 8.49. The number of ether oxygens (including phenoxy) is 1. The maximum Gasteiger partial charge on any atom is 0.254 e. The van der Waals surface area contributed by atoms with Crippen LogP contribution in [-0.2, 0) is 11.3 Å². The molecule has 0 radical (unpaired) electrons. The van der Waals surface area contributed by atoms with E-state index in [1.54, 1.807) is 7.11 Å². The van der Waals surface area contributed by atoms with Gasteiger partial charge in [-0.3, -0.25) is 9.69 Å². The third kappa shape index (κ3) is 3.57. The topological polar surface area (TPSA) is 53.0 Å². The van der Waals surface area contributed by atoms with E-state index in [4.69, 9.17) is 4.74 Å². The number of nitrogens with zero attached hydrogens (tertiary/aromatic N) is 2. The van der Waals surface area contributed by atoms with Crippen LogP contribution in [0, 0.1) is 0 Å². The molecule has 3 rings (SSSR count). The number of amides is 1. The number of hydrogen-bond donors (Lipinski definition) is 1. The second-order valence-electron chi connectivity index (χ2n) is 6.48. The molecule has 1 heterocycles. The fraction of sp³-hybridized carbons (Fsp3) is 0.611. The van der Waals surface area contributed by atoms with Crippen molar-refractivity contribution >= 4 is 5.91 Å². The number of methoxy groups -OCH3 is 1. The van der Waals surface area contributed by atoms with Crippen LogP contribution < -0.4 is 0 Å². The maximum atomic E-state index is 12.8. The lowest BCUT2D eigenvalue weighted by atomic mass is 10.1. The van der Waals surface area contributed by atoms with Crippen LogP contribution in [0.2, 0.25) is 0 Å². The van der Waals surface area contributed by atoms with Crippen molar-refractivity contribution in [2.24, 2.45) is 0 Å². The monoisotopic (exact) mass is 318 g/mol. The number of carbonyl (C=O) groups is 1. The van der Waals surface area contributed by atoms with Gasteiger partial charge < -0.3 is 14.7 Å². The molecule has 1 amide bonds. The largest absolute Gasteiger partial charge is 0.391 e. The standard InChI is InChI=1S/C18H26N2O3/c1-23-13-14-5-2-3-6-15(14)18(22)20-11-9-19(10-12-20)16-7-4-8-17(16)21/h2-3,5-6,16-17,21H,4,7-13H2,1H3. The van der Waals surface area contributed by atoms with Crippen molar-refractivity contribution in [1.29, 1.82) is 0 Å². The van der Waals surface area contributed by atoms with Crippen LogP contribution in [0.15, 0.2) is 24.3 Å². The lowest BCUT2D eigenvalue weighted by Crippen LogP contribution is -2.53. The lowest BCUT2D eigenvalue weighted by molar-refractivity contribution is 0.0314. The maximum absolute atomic E-state index is 12.8. The van der Waals surface area contributed by atoms with Crippen LogP contribution in [0.5, 0.6) is 0 Å². The number of rotatable bonds is 4. The molecule has 2 aliphatic rings. The molecule has 2 unspecified atom stereocenters. The quantitative estimate of drug-likeness (QED) is 0.914. The lowest BCUT2D eigenvalue weighted by Gasteiger charge is -2.39. The molecule has 1 aliphatic carbocycles. The molecule has 1 saturated heterocycles. The number of benzene rings is 1. The van der Waals surface area contributed by atoms with Crippen molar-refractivity contribution in [2.75, 3.05) is 33.3 Å². The summed E-state index contributed by atoms with van der Waals surface area (Å²) in [5, 5.41) is 10.1. The first-order valence-corrected chi connectivity index (χ1v) is 8.49. The zero-order valence-corrected chi connectivity index (χ0v) is 13.8. The van der Waals surface area contributed by atoms with Crippen molar-refractivity contribution in [3.63, 3.8) is 0 Å². The summed E-state index contributed by atoms with van der Waals surface area (Å²) in [4.78, 5) is 17.1. The van der Waals surface area contributed by atoms with Gasteiger partial charge in [-0.2, -0.15) is 0 Å². The van der Waals surface area contributed by atoms with Gasteiger partial charge in [-0.05, 0) is 30.9 Å². The Morgan fingerprint density at radius 2 is 1.96 bits per heavy atom. The molecule has 1 saturated carbocycles. The van der Waals surface area contributed by atoms with E-state index in [0.717, 1.165) is 56.6 Å². The Morgan fingerprint density at radius 1 is 1.22 bits per heavy atom.